The average Bonchev–Trinajstić information content (AvgIpc) is 2.78. The average molecular weight is 294 g/mol. The van der Waals surface area contributed by atoms with E-state index in [1.54, 1.807) is 18.2 Å². The van der Waals surface area contributed by atoms with Gasteiger partial charge in [0, 0.05) is 27.5 Å². The summed E-state index contributed by atoms with van der Waals surface area (Å²) in [5.74, 6) is -0.0411. The molecule has 0 radical (unpaired) electrons. The maximum absolute atomic E-state index is 12.2. The molecule has 0 aliphatic carbocycles. The lowest BCUT2D eigenvalue weighted by Gasteiger charge is -2.07. The van der Waals surface area contributed by atoms with Crippen LogP contribution < -0.4 is 0 Å². The topological polar surface area (TPSA) is 67.5 Å². The number of benzene rings is 1. The molecular formula is C15H18O4S. The van der Waals surface area contributed by atoms with Crippen molar-refractivity contribution in [2.45, 2.75) is 26.0 Å². The van der Waals surface area contributed by atoms with E-state index in [0.29, 0.717) is 22.8 Å². The van der Waals surface area contributed by atoms with Gasteiger partial charge in [0.05, 0.1) is 5.75 Å². The maximum atomic E-state index is 12.2. The third kappa shape index (κ3) is 3.10. The van der Waals surface area contributed by atoms with Gasteiger partial charge in [0.1, 0.15) is 5.58 Å². The predicted molar refractivity (Wildman–Crippen MR) is 79.3 cm³/mol. The van der Waals surface area contributed by atoms with Gasteiger partial charge in [-0.1, -0.05) is 38.5 Å². The molecule has 0 bridgehead atoms. The standard InChI is InChI=1S/C15H18O4S/c1-3-10(2)8-20(18)9-12-11-6-4-5-7-13(11)19-14(12)15(16)17/h4-7,10H,3,8-9H2,1-2H3,(H,16,17). The van der Waals surface area contributed by atoms with Crippen molar-refractivity contribution in [2.24, 2.45) is 5.92 Å². The molecule has 0 fully saturated rings. The van der Waals surface area contributed by atoms with Crippen molar-refractivity contribution in [2.75, 3.05) is 5.75 Å². The SMILES string of the molecule is CCC(C)CS(=O)Cc1c(C(=O)O)oc2ccccc12. The number of fused-ring (bicyclic) bond motifs is 1. The van der Waals surface area contributed by atoms with E-state index in [-0.39, 0.29) is 11.5 Å². The van der Waals surface area contributed by atoms with Crippen LogP contribution in [0.1, 0.15) is 36.4 Å². The third-order valence-electron chi connectivity index (χ3n) is 3.37. The molecule has 1 aromatic heterocycles. The van der Waals surface area contributed by atoms with Gasteiger partial charge in [-0.05, 0) is 12.0 Å². The summed E-state index contributed by atoms with van der Waals surface area (Å²) < 4.78 is 17.5. The molecular weight excluding hydrogens is 276 g/mol. The summed E-state index contributed by atoms with van der Waals surface area (Å²) in [6.45, 7) is 4.10. The van der Waals surface area contributed by atoms with Gasteiger partial charge in [0.2, 0.25) is 5.76 Å². The zero-order chi connectivity index (χ0) is 14.7. The number of carboxylic acids is 1. The first-order valence-corrected chi connectivity index (χ1v) is 8.10. The minimum Gasteiger partial charge on any atom is -0.475 e. The van der Waals surface area contributed by atoms with Gasteiger partial charge in [0.15, 0.2) is 0 Å². The van der Waals surface area contributed by atoms with Crippen LogP contribution in [0.3, 0.4) is 0 Å². The Morgan fingerprint density at radius 3 is 2.75 bits per heavy atom. The second kappa shape index (κ2) is 6.22. The predicted octanol–water partition coefficient (Wildman–Crippen LogP) is 3.43. The van der Waals surface area contributed by atoms with Crippen LogP contribution in [0.25, 0.3) is 11.0 Å². The molecule has 108 valence electrons. The molecule has 2 aromatic rings. The fourth-order valence-electron chi connectivity index (χ4n) is 2.07. The van der Waals surface area contributed by atoms with E-state index < -0.39 is 16.8 Å². The summed E-state index contributed by atoms with van der Waals surface area (Å²) in [7, 11) is -1.09. The molecule has 0 aliphatic rings. The van der Waals surface area contributed by atoms with Gasteiger partial charge in [0.25, 0.3) is 0 Å². The number of aromatic carboxylic acids is 1. The normalized spacial score (nSPS) is 14.3. The van der Waals surface area contributed by atoms with Crippen LogP contribution in [0.4, 0.5) is 0 Å². The number of furan rings is 1. The molecule has 1 N–H and O–H groups in total. The molecule has 4 nitrogen and oxygen atoms in total. The smallest absolute Gasteiger partial charge is 0.372 e. The zero-order valence-corrected chi connectivity index (χ0v) is 12.4. The van der Waals surface area contributed by atoms with E-state index >= 15 is 0 Å². The van der Waals surface area contributed by atoms with Crippen LogP contribution in [0.15, 0.2) is 28.7 Å². The Bertz CT molecular complexity index is 644. The van der Waals surface area contributed by atoms with Crippen molar-refractivity contribution in [3.63, 3.8) is 0 Å². The lowest BCUT2D eigenvalue weighted by atomic mass is 10.1. The van der Waals surface area contributed by atoms with Crippen molar-refractivity contribution in [1.29, 1.82) is 0 Å². The Labute approximate surface area is 120 Å². The van der Waals surface area contributed by atoms with E-state index in [1.807, 2.05) is 13.0 Å². The van der Waals surface area contributed by atoms with Gasteiger partial charge < -0.3 is 9.52 Å². The Morgan fingerprint density at radius 2 is 2.10 bits per heavy atom. The van der Waals surface area contributed by atoms with Gasteiger partial charge in [-0.15, -0.1) is 0 Å². The van der Waals surface area contributed by atoms with Crippen LogP contribution in [0.2, 0.25) is 0 Å². The summed E-state index contributed by atoms with van der Waals surface area (Å²) in [6, 6.07) is 7.14. The van der Waals surface area contributed by atoms with Crippen molar-refractivity contribution in [3.05, 3.63) is 35.6 Å². The second-order valence-corrected chi connectivity index (χ2v) is 6.48. The van der Waals surface area contributed by atoms with E-state index in [0.717, 1.165) is 11.8 Å². The van der Waals surface area contributed by atoms with E-state index in [2.05, 4.69) is 6.92 Å². The lowest BCUT2D eigenvalue weighted by Crippen LogP contribution is -2.10. The van der Waals surface area contributed by atoms with Gasteiger partial charge in [-0.2, -0.15) is 0 Å². The summed E-state index contributed by atoms with van der Waals surface area (Å²) in [4.78, 5) is 11.3. The highest BCUT2D eigenvalue weighted by molar-refractivity contribution is 7.84. The minimum absolute atomic E-state index is 0.0938. The largest absolute Gasteiger partial charge is 0.475 e. The van der Waals surface area contributed by atoms with E-state index in [1.165, 1.54) is 0 Å². The molecule has 2 unspecified atom stereocenters. The fourth-order valence-corrected chi connectivity index (χ4v) is 3.67. The van der Waals surface area contributed by atoms with Crippen molar-refractivity contribution < 1.29 is 18.5 Å². The molecule has 0 spiro atoms. The van der Waals surface area contributed by atoms with Crippen LogP contribution >= 0.6 is 0 Å². The summed E-state index contributed by atoms with van der Waals surface area (Å²) in [6.07, 6.45) is 0.962. The Hall–Kier alpha value is -1.62. The second-order valence-electron chi connectivity index (χ2n) is 4.98. The van der Waals surface area contributed by atoms with Gasteiger partial charge >= 0.3 is 5.97 Å². The molecule has 1 heterocycles. The molecule has 0 saturated heterocycles. The monoisotopic (exact) mass is 294 g/mol. The van der Waals surface area contributed by atoms with Crippen LogP contribution in [-0.2, 0) is 16.6 Å². The quantitative estimate of drug-likeness (QED) is 0.886. The molecule has 1 aromatic carbocycles. The lowest BCUT2D eigenvalue weighted by molar-refractivity contribution is 0.0664. The Morgan fingerprint density at radius 1 is 1.40 bits per heavy atom. The van der Waals surface area contributed by atoms with Crippen LogP contribution in [-0.4, -0.2) is 21.0 Å². The molecule has 0 saturated carbocycles. The van der Waals surface area contributed by atoms with E-state index in [4.69, 9.17) is 4.42 Å². The van der Waals surface area contributed by atoms with Crippen molar-refractivity contribution in [1.82, 2.24) is 0 Å². The molecule has 5 heteroatoms. The number of hydrogen-bond donors (Lipinski definition) is 1. The first-order valence-electron chi connectivity index (χ1n) is 6.61. The fraction of sp³-hybridized carbons (Fsp3) is 0.400. The highest BCUT2D eigenvalue weighted by atomic mass is 32.2. The van der Waals surface area contributed by atoms with Crippen molar-refractivity contribution >= 4 is 27.7 Å². The number of carbonyl (C=O) groups is 1. The highest BCUT2D eigenvalue weighted by Gasteiger charge is 2.21. The van der Waals surface area contributed by atoms with Crippen molar-refractivity contribution in [3.8, 4) is 0 Å². The number of carboxylic acid groups (broad SMARTS) is 1. The first kappa shape index (κ1) is 14.8. The number of hydrogen-bond acceptors (Lipinski definition) is 3. The first-order chi connectivity index (χ1) is 9.52. The summed E-state index contributed by atoms with van der Waals surface area (Å²) >= 11 is 0. The number of para-hydroxylation sites is 1. The summed E-state index contributed by atoms with van der Waals surface area (Å²) in [5.41, 5.74) is 1.06. The molecule has 0 aliphatic heterocycles. The van der Waals surface area contributed by atoms with E-state index in [9.17, 15) is 14.1 Å². The Balaban J connectivity index is 2.34. The molecule has 2 rings (SSSR count). The number of rotatable bonds is 6. The molecule has 0 amide bonds. The zero-order valence-electron chi connectivity index (χ0n) is 11.6. The highest BCUT2D eigenvalue weighted by Crippen LogP contribution is 2.27. The Kier molecular flexibility index (Phi) is 4.60. The molecule has 20 heavy (non-hydrogen) atoms. The van der Waals surface area contributed by atoms with Crippen LogP contribution in [0, 0.1) is 5.92 Å². The van der Waals surface area contributed by atoms with Crippen LogP contribution in [0.5, 0.6) is 0 Å². The third-order valence-corrected chi connectivity index (χ3v) is 4.92. The van der Waals surface area contributed by atoms with Gasteiger partial charge in [-0.25, -0.2) is 4.79 Å². The minimum atomic E-state index is -1.11. The molecule has 2 atom stereocenters. The maximum Gasteiger partial charge on any atom is 0.372 e. The summed E-state index contributed by atoms with van der Waals surface area (Å²) in [5, 5.41) is 9.95. The van der Waals surface area contributed by atoms with Gasteiger partial charge in [-0.3, -0.25) is 4.21 Å².